The Hall–Kier alpha value is -1.65. The van der Waals surface area contributed by atoms with Gasteiger partial charge in [-0.15, -0.1) is 0 Å². The largest absolute Gasteiger partial charge is 0.469 e. The van der Waals surface area contributed by atoms with E-state index in [2.05, 4.69) is 10.8 Å². The van der Waals surface area contributed by atoms with Crippen LogP contribution in [0, 0.1) is 5.92 Å². The van der Waals surface area contributed by atoms with E-state index in [0.29, 0.717) is 18.9 Å². The zero-order valence-corrected chi connectivity index (χ0v) is 11.2. The molecule has 0 N–H and O–H groups in total. The number of ether oxygens (including phenoxy) is 1. The van der Waals surface area contributed by atoms with Crippen LogP contribution in [-0.4, -0.2) is 36.2 Å². The fourth-order valence-corrected chi connectivity index (χ4v) is 2.74. The summed E-state index contributed by atoms with van der Waals surface area (Å²) in [5.74, 6) is -0.256. The van der Waals surface area contributed by atoms with Crippen LogP contribution in [0.3, 0.4) is 0 Å². The number of methoxy groups -OCH3 is 1. The van der Waals surface area contributed by atoms with Crippen LogP contribution in [0.1, 0.15) is 38.5 Å². The Kier molecular flexibility index (Phi) is 4.35. The predicted molar refractivity (Wildman–Crippen MR) is 68.0 cm³/mol. The smallest absolute Gasteiger partial charge is 0.313 e. The van der Waals surface area contributed by atoms with Crippen molar-refractivity contribution in [3.8, 4) is 0 Å². The number of rotatable bonds is 5. The van der Waals surface area contributed by atoms with Gasteiger partial charge in [-0.3, -0.25) is 14.4 Å². The van der Waals surface area contributed by atoms with Crippen LogP contribution >= 0.6 is 0 Å². The van der Waals surface area contributed by atoms with Crippen LogP contribution in [-0.2, 0) is 19.1 Å². The van der Waals surface area contributed by atoms with Crippen molar-refractivity contribution in [3.05, 3.63) is 11.8 Å². The Morgan fingerprint density at radius 1 is 1.47 bits per heavy atom. The second-order valence-corrected chi connectivity index (χ2v) is 5.05. The molecule has 2 rings (SSSR count). The maximum absolute atomic E-state index is 11.9. The Morgan fingerprint density at radius 2 is 2.26 bits per heavy atom. The lowest BCUT2D eigenvalue weighted by Gasteiger charge is -2.23. The fourth-order valence-electron chi connectivity index (χ4n) is 2.74. The van der Waals surface area contributed by atoms with Crippen molar-refractivity contribution in [2.24, 2.45) is 5.92 Å². The van der Waals surface area contributed by atoms with E-state index in [1.807, 2.05) is 0 Å². The number of carbonyl (C=O) groups is 3. The van der Waals surface area contributed by atoms with Gasteiger partial charge in [0, 0.05) is 31.0 Å². The fraction of sp³-hybridized carbons (Fsp3) is 0.643. The SMILES string of the molecule is COC(=O)CC(=O)CCN1C(=O)CC2CCCC=C21. The first kappa shape index (κ1) is 13.8. The quantitative estimate of drug-likeness (QED) is 0.557. The van der Waals surface area contributed by atoms with Crippen LogP contribution < -0.4 is 0 Å². The number of fused-ring (bicyclic) bond motifs is 1. The summed E-state index contributed by atoms with van der Waals surface area (Å²) in [6.45, 7) is 0.386. The monoisotopic (exact) mass is 265 g/mol. The first-order valence-electron chi connectivity index (χ1n) is 6.70. The lowest BCUT2D eigenvalue weighted by Crippen LogP contribution is -2.27. The minimum absolute atomic E-state index is 0.101. The highest BCUT2D eigenvalue weighted by atomic mass is 16.5. The molecular weight excluding hydrogens is 246 g/mol. The van der Waals surface area contributed by atoms with Crippen molar-refractivity contribution in [1.29, 1.82) is 0 Å². The summed E-state index contributed by atoms with van der Waals surface area (Å²) in [6, 6.07) is 0. The Labute approximate surface area is 112 Å². The molecule has 0 aromatic rings. The summed E-state index contributed by atoms with van der Waals surface area (Å²) in [5, 5.41) is 0. The summed E-state index contributed by atoms with van der Waals surface area (Å²) in [6.07, 6.45) is 5.89. The Balaban J connectivity index is 1.88. The minimum atomic E-state index is -0.521. The van der Waals surface area contributed by atoms with Crippen LogP contribution in [0.4, 0.5) is 0 Å². The third kappa shape index (κ3) is 3.22. The standard InChI is InChI=1S/C14H19NO4/c1-19-14(18)9-11(16)6-7-15-12-5-3-2-4-10(12)8-13(15)17/h5,10H,2-4,6-9H2,1H3. The van der Waals surface area contributed by atoms with Crippen molar-refractivity contribution in [1.82, 2.24) is 4.90 Å². The number of hydrogen-bond donors (Lipinski definition) is 0. The third-order valence-corrected chi connectivity index (χ3v) is 3.75. The number of nitrogens with zero attached hydrogens (tertiary/aromatic N) is 1. The molecule has 0 spiro atoms. The molecule has 0 saturated carbocycles. The van der Waals surface area contributed by atoms with Crippen molar-refractivity contribution in [2.45, 2.75) is 38.5 Å². The van der Waals surface area contributed by atoms with E-state index >= 15 is 0 Å². The van der Waals surface area contributed by atoms with E-state index in [1.165, 1.54) is 7.11 Å². The van der Waals surface area contributed by atoms with Gasteiger partial charge in [0.1, 0.15) is 12.2 Å². The van der Waals surface area contributed by atoms with E-state index in [1.54, 1.807) is 4.90 Å². The molecule has 0 aromatic heterocycles. The molecule has 1 amide bonds. The van der Waals surface area contributed by atoms with Gasteiger partial charge in [0.05, 0.1) is 7.11 Å². The third-order valence-electron chi connectivity index (χ3n) is 3.75. The molecule has 1 aliphatic carbocycles. The van der Waals surface area contributed by atoms with E-state index in [-0.39, 0.29) is 24.5 Å². The zero-order chi connectivity index (χ0) is 13.8. The molecule has 19 heavy (non-hydrogen) atoms. The molecule has 1 heterocycles. The maximum atomic E-state index is 11.9. The van der Waals surface area contributed by atoms with Crippen LogP contribution in [0.2, 0.25) is 0 Å². The molecule has 1 fully saturated rings. The molecular formula is C14H19NO4. The molecule has 104 valence electrons. The number of likely N-dealkylation sites (tertiary alicyclic amines) is 1. The second-order valence-electron chi connectivity index (χ2n) is 5.05. The average Bonchev–Trinajstić information content (AvgIpc) is 2.71. The van der Waals surface area contributed by atoms with Gasteiger partial charge in [0.25, 0.3) is 0 Å². The lowest BCUT2D eigenvalue weighted by molar-refractivity contribution is -0.143. The highest BCUT2D eigenvalue weighted by Crippen LogP contribution is 2.36. The van der Waals surface area contributed by atoms with E-state index in [9.17, 15) is 14.4 Å². The Morgan fingerprint density at radius 3 is 3.00 bits per heavy atom. The molecule has 1 atom stereocenters. The van der Waals surface area contributed by atoms with E-state index in [0.717, 1.165) is 25.0 Å². The summed E-state index contributed by atoms with van der Waals surface area (Å²) in [7, 11) is 1.26. The van der Waals surface area contributed by atoms with Gasteiger partial charge in [0.15, 0.2) is 0 Å². The summed E-state index contributed by atoms with van der Waals surface area (Å²) < 4.78 is 4.45. The van der Waals surface area contributed by atoms with Crippen LogP contribution in [0.15, 0.2) is 11.8 Å². The second kappa shape index (κ2) is 5.99. The number of hydrogen-bond acceptors (Lipinski definition) is 4. The van der Waals surface area contributed by atoms with Gasteiger partial charge >= 0.3 is 5.97 Å². The number of ketones is 1. The summed E-state index contributed by atoms with van der Waals surface area (Å²) in [4.78, 5) is 36.2. The summed E-state index contributed by atoms with van der Waals surface area (Å²) in [5.41, 5.74) is 1.09. The van der Waals surface area contributed by atoms with Crippen LogP contribution in [0.5, 0.6) is 0 Å². The number of amides is 1. The molecule has 0 bridgehead atoms. The van der Waals surface area contributed by atoms with E-state index < -0.39 is 5.97 Å². The molecule has 0 radical (unpaired) electrons. The molecule has 1 unspecified atom stereocenters. The lowest BCUT2D eigenvalue weighted by atomic mass is 9.92. The van der Waals surface area contributed by atoms with Crippen molar-refractivity contribution < 1.29 is 19.1 Å². The van der Waals surface area contributed by atoms with Gasteiger partial charge in [-0.05, 0) is 19.3 Å². The molecule has 2 aliphatic rings. The number of carbonyl (C=O) groups excluding carboxylic acids is 3. The Bertz CT molecular complexity index is 427. The van der Waals surface area contributed by atoms with E-state index in [4.69, 9.17) is 0 Å². The average molecular weight is 265 g/mol. The summed E-state index contributed by atoms with van der Waals surface area (Å²) >= 11 is 0. The number of Topliss-reactive ketones (excluding diaryl/α,β-unsaturated/α-hetero) is 1. The maximum Gasteiger partial charge on any atom is 0.313 e. The van der Waals surface area contributed by atoms with Gasteiger partial charge in [0.2, 0.25) is 5.91 Å². The highest BCUT2D eigenvalue weighted by Gasteiger charge is 2.35. The van der Waals surface area contributed by atoms with Gasteiger partial charge < -0.3 is 9.64 Å². The zero-order valence-electron chi connectivity index (χ0n) is 11.2. The molecule has 5 nitrogen and oxygen atoms in total. The molecule has 0 aromatic carbocycles. The molecule has 5 heteroatoms. The highest BCUT2D eigenvalue weighted by molar-refractivity contribution is 5.95. The first-order chi connectivity index (χ1) is 9.11. The molecule has 1 saturated heterocycles. The van der Waals surface area contributed by atoms with Crippen LogP contribution in [0.25, 0.3) is 0 Å². The van der Waals surface area contributed by atoms with Crippen molar-refractivity contribution >= 4 is 17.7 Å². The van der Waals surface area contributed by atoms with Crippen molar-refractivity contribution in [3.63, 3.8) is 0 Å². The predicted octanol–water partition coefficient (Wildman–Crippen LogP) is 1.42. The normalized spacial score (nSPS) is 21.9. The number of esters is 1. The molecule has 1 aliphatic heterocycles. The van der Waals surface area contributed by atoms with Gasteiger partial charge in [-0.2, -0.15) is 0 Å². The van der Waals surface area contributed by atoms with Crippen molar-refractivity contribution in [2.75, 3.05) is 13.7 Å². The first-order valence-corrected chi connectivity index (χ1v) is 6.70. The van der Waals surface area contributed by atoms with Gasteiger partial charge in [-0.25, -0.2) is 0 Å². The minimum Gasteiger partial charge on any atom is -0.469 e. The number of allylic oxidation sites excluding steroid dienone is 2. The van der Waals surface area contributed by atoms with Gasteiger partial charge in [-0.1, -0.05) is 6.08 Å². The topological polar surface area (TPSA) is 63.7 Å².